The molecule has 122 valence electrons. The predicted molar refractivity (Wildman–Crippen MR) is 98.0 cm³/mol. The number of nitriles is 1. The van der Waals surface area contributed by atoms with Gasteiger partial charge in [-0.3, -0.25) is 0 Å². The maximum Gasteiger partial charge on any atom is 0.227 e. The molecule has 0 bridgehead atoms. The molecule has 3 rings (SSSR count). The van der Waals surface area contributed by atoms with E-state index in [0.29, 0.717) is 22.9 Å². The molecular formula is C18H12BrN5O. The SMILES string of the molecule is N#Cc1ccc(Nc2nccc(/C(=N\O)c3cccc(Br)c3)n2)cc1. The largest absolute Gasteiger partial charge is 0.410 e. The standard InChI is InChI=1S/C18H12BrN5O/c19-14-3-1-2-13(10-14)17(24-25)16-8-9-21-18(23-16)22-15-6-4-12(11-20)5-7-15/h1-10,25H,(H,21,22,23)/b24-17-. The third kappa shape index (κ3) is 4.00. The normalized spacial score (nSPS) is 11.0. The Morgan fingerprint density at radius 2 is 1.96 bits per heavy atom. The van der Waals surface area contributed by atoms with Gasteiger partial charge in [0.25, 0.3) is 0 Å². The van der Waals surface area contributed by atoms with E-state index >= 15 is 0 Å². The predicted octanol–water partition coefficient (Wildman–Crippen LogP) is 4.08. The number of nitrogens with zero attached hydrogens (tertiary/aromatic N) is 4. The summed E-state index contributed by atoms with van der Waals surface area (Å²) in [6, 6.07) is 18.1. The van der Waals surface area contributed by atoms with Crippen LogP contribution in [-0.2, 0) is 0 Å². The molecule has 0 aliphatic heterocycles. The lowest BCUT2D eigenvalue weighted by atomic mass is 10.1. The minimum absolute atomic E-state index is 0.339. The first kappa shape index (κ1) is 16.6. The van der Waals surface area contributed by atoms with E-state index in [1.165, 1.54) is 0 Å². The fourth-order valence-corrected chi connectivity index (χ4v) is 2.60. The fraction of sp³-hybridized carbons (Fsp3) is 0. The molecule has 7 heteroatoms. The van der Waals surface area contributed by atoms with E-state index < -0.39 is 0 Å². The highest BCUT2D eigenvalue weighted by atomic mass is 79.9. The van der Waals surface area contributed by atoms with E-state index in [1.54, 1.807) is 36.5 Å². The first-order valence-corrected chi connectivity index (χ1v) is 8.07. The molecule has 0 saturated heterocycles. The molecule has 0 fully saturated rings. The molecule has 0 saturated carbocycles. The maximum atomic E-state index is 9.42. The summed E-state index contributed by atoms with van der Waals surface area (Å²) in [6.07, 6.45) is 1.58. The highest BCUT2D eigenvalue weighted by Crippen LogP contribution is 2.17. The minimum atomic E-state index is 0.339. The van der Waals surface area contributed by atoms with E-state index in [9.17, 15) is 5.21 Å². The second-order valence-electron chi connectivity index (χ2n) is 5.04. The molecule has 0 amide bonds. The Hall–Kier alpha value is -3.24. The van der Waals surface area contributed by atoms with Gasteiger partial charge in [-0.25, -0.2) is 9.97 Å². The van der Waals surface area contributed by atoms with Crippen LogP contribution in [0.5, 0.6) is 0 Å². The Balaban J connectivity index is 1.88. The summed E-state index contributed by atoms with van der Waals surface area (Å²) in [5, 5.41) is 24.7. The number of hydrogen-bond acceptors (Lipinski definition) is 6. The van der Waals surface area contributed by atoms with Crippen LogP contribution >= 0.6 is 15.9 Å². The Kier molecular flexibility index (Phi) is 5.02. The van der Waals surface area contributed by atoms with Crippen LogP contribution in [0, 0.1) is 11.3 Å². The summed E-state index contributed by atoms with van der Waals surface area (Å²) in [5.41, 5.74) is 2.86. The monoisotopic (exact) mass is 393 g/mol. The molecule has 0 aliphatic carbocycles. The number of oxime groups is 1. The van der Waals surface area contributed by atoms with E-state index in [4.69, 9.17) is 5.26 Å². The zero-order chi connectivity index (χ0) is 17.6. The fourth-order valence-electron chi connectivity index (χ4n) is 2.20. The van der Waals surface area contributed by atoms with Crippen LogP contribution in [0.15, 0.2) is 70.4 Å². The number of nitrogens with one attached hydrogen (secondary N) is 1. The lowest BCUT2D eigenvalue weighted by molar-refractivity contribution is 0.319. The van der Waals surface area contributed by atoms with Crippen molar-refractivity contribution in [3.63, 3.8) is 0 Å². The highest BCUT2D eigenvalue weighted by Gasteiger charge is 2.11. The van der Waals surface area contributed by atoms with Crippen molar-refractivity contribution in [1.82, 2.24) is 9.97 Å². The number of rotatable bonds is 4. The van der Waals surface area contributed by atoms with Crippen molar-refractivity contribution in [3.05, 3.63) is 82.1 Å². The number of anilines is 2. The Bertz CT molecular complexity index is 964. The molecule has 0 unspecified atom stereocenters. The molecule has 0 spiro atoms. The second kappa shape index (κ2) is 7.55. The smallest absolute Gasteiger partial charge is 0.227 e. The summed E-state index contributed by atoms with van der Waals surface area (Å²) in [5.74, 6) is 0.360. The van der Waals surface area contributed by atoms with Crippen LogP contribution in [0.4, 0.5) is 11.6 Å². The van der Waals surface area contributed by atoms with E-state index in [2.05, 4.69) is 42.4 Å². The third-order valence-electron chi connectivity index (χ3n) is 3.37. The first-order chi connectivity index (χ1) is 12.2. The molecule has 25 heavy (non-hydrogen) atoms. The Morgan fingerprint density at radius 3 is 2.64 bits per heavy atom. The molecule has 3 aromatic rings. The van der Waals surface area contributed by atoms with Gasteiger partial charge < -0.3 is 10.5 Å². The molecule has 0 aliphatic rings. The van der Waals surface area contributed by atoms with Gasteiger partial charge in [0.05, 0.1) is 17.3 Å². The quantitative estimate of drug-likeness (QED) is 0.395. The number of benzene rings is 2. The minimum Gasteiger partial charge on any atom is -0.410 e. The van der Waals surface area contributed by atoms with Crippen molar-refractivity contribution in [2.24, 2.45) is 5.16 Å². The van der Waals surface area contributed by atoms with Gasteiger partial charge in [-0.1, -0.05) is 33.2 Å². The molecule has 2 N–H and O–H groups in total. The van der Waals surface area contributed by atoms with Gasteiger partial charge in [0, 0.05) is 21.9 Å². The maximum absolute atomic E-state index is 9.42. The van der Waals surface area contributed by atoms with Crippen molar-refractivity contribution in [3.8, 4) is 6.07 Å². The van der Waals surface area contributed by atoms with Gasteiger partial charge in [-0.15, -0.1) is 0 Å². The topological polar surface area (TPSA) is 94.2 Å². The van der Waals surface area contributed by atoms with Crippen LogP contribution in [0.2, 0.25) is 0 Å². The van der Waals surface area contributed by atoms with Crippen LogP contribution in [-0.4, -0.2) is 20.9 Å². The zero-order valence-electron chi connectivity index (χ0n) is 12.9. The van der Waals surface area contributed by atoms with E-state index in [-0.39, 0.29) is 0 Å². The first-order valence-electron chi connectivity index (χ1n) is 7.28. The van der Waals surface area contributed by atoms with Gasteiger partial charge in [0.15, 0.2) is 0 Å². The second-order valence-corrected chi connectivity index (χ2v) is 5.95. The van der Waals surface area contributed by atoms with Gasteiger partial charge in [0.1, 0.15) is 5.71 Å². The number of aromatic nitrogens is 2. The van der Waals surface area contributed by atoms with Gasteiger partial charge in [-0.05, 0) is 42.5 Å². The van der Waals surface area contributed by atoms with Crippen LogP contribution < -0.4 is 5.32 Å². The zero-order valence-corrected chi connectivity index (χ0v) is 14.5. The van der Waals surface area contributed by atoms with Crippen molar-refractivity contribution in [2.45, 2.75) is 0 Å². The highest BCUT2D eigenvalue weighted by molar-refractivity contribution is 9.10. The third-order valence-corrected chi connectivity index (χ3v) is 3.86. The Labute approximate surface area is 152 Å². The molecular weight excluding hydrogens is 382 g/mol. The molecule has 0 radical (unpaired) electrons. The molecule has 1 heterocycles. The number of halogens is 1. The lowest BCUT2D eigenvalue weighted by Crippen LogP contribution is -2.08. The van der Waals surface area contributed by atoms with Crippen LogP contribution in [0.25, 0.3) is 0 Å². The van der Waals surface area contributed by atoms with E-state index in [1.807, 2.05) is 24.3 Å². The summed E-state index contributed by atoms with van der Waals surface area (Å²) in [6.45, 7) is 0. The average Bonchev–Trinajstić information content (AvgIpc) is 2.63. The molecule has 0 atom stereocenters. The van der Waals surface area contributed by atoms with Crippen molar-refractivity contribution < 1.29 is 5.21 Å². The summed E-state index contributed by atoms with van der Waals surface area (Å²) in [7, 11) is 0. The van der Waals surface area contributed by atoms with Gasteiger partial charge >= 0.3 is 0 Å². The average molecular weight is 394 g/mol. The van der Waals surface area contributed by atoms with Crippen molar-refractivity contribution >= 4 is 33.3 Å². The summed E-state index contributed by atoms with van der Waals surface area (Å²) >= 11 is 3.40. The molecule has 1 aromatic heterocycles. The van der Waals surface area contributed by atoms with Crippen molar-refractivity contribution in [2.75, 3.05) is 5.32 Å². The van der Waals surface area contributed by atoms with Crippen molar-refractivity contribution in [1.29, 1.82) is 5.26 Å². The lowest BCUT2D eigenvalue weighted by Gasteiger charge is -2.08. The van der Waals surface area contributed by atoms with Crippen LogP contribution in [0.3, 0.4) is 0 Å². The van der Waals surface area contributed by atoms with Crippen LogP contribution in [0.1, 0.15) is 16.8 Å². The molecule has 2 aromatic carbocycles. The van der Waals surface area contributed by atoms with Gasteiger partial charge in [0.2, 0.25) is 5.95 Å². The summed E-state index contributed by atoms with van der Waals surface area (Å²) < 4.78 is 0.871. The Morgan fingerprint density at radius 1 is 1.16 bits per heavy atom. The van der Waals surface area contributed by atoms with Gasteiger partial charge in [-0.2, -0.15) is 5.26 Å². The molecule has 6 nitrogen and oxygen atoms in total. The summed E-state index contributed by atoms with van der Waals surface area (Å²) in [4.78, 5) is 8.57. The van der Waals surface area contributed by atoms with E-state index in [0.717, 1.165) is 15.7 Å². The number of hydrogen-bond donors (Lipinski definition) is 2.